The minimum Gasteiger partial charge on any atom is -0.297 e. The molecule has 1 fully saturated rings. The minimum atomic E-state index is 0.191. The Balaban J connectivity index is 2.39. The number of amides is 1. The van der Waals surface area contributed by atoms with Crippen LogP contribution in [0, 0.1) is 0 Å². The highest BCUT2D eigenvalue weighted by molar-refractivity contribution is 6.09. The van der Waals surface area contributed by atoms with Gasteiger partial charge in [-0.2, -0.15) is 0 Å². The summed E-state index contributed by atoms with van der Waals surface area (Å²) in [6.07, 6.45) is 2.54. The molecule has 0 saturated carbocycles. The fourth-order valence-electron chi connectivity index (χ4n) is 2.31. The van der Waals surface area contributed by atoms with Crippen LogP contribution in [0.3, 0.4) is 0 Å². The number of hydrogen-bond donors (Lipinski definition) is 0. The van der Waals surface area contributed by atoms with Gasteiger partial charge in [-0.15, -0.1) is 0 Å². The Morgan fingerprint density at radius 2 is 2.18 bits per heavy atom. The van der Waals surface area contributed by atoms with Crippen LogP contribution in [0.25, 0.3) is 0 Å². The van der Waals surface area contributed by atoms with Gasteiger partial charge in [0, 0.05) is 25.6 Å². The fourth-order valence-corrected chi connectivity index (χ4v) is 2.31. The van der Waals surface area contributed by atoms with Gasteiger partial charge in [0.2, 0.25) is 5.91 Å². The fraction of sp³-hybridized carbons (Fsp3) is 0.429. The predicted octanol–water partition coefficient (Wildman–Crippen LogP) is 2.25. The van der Waals surface area contributed by atoms with Crippen molar-refractivity contribution >= 4 is 11.7 Å². The molecule has 3 heteroatoms. The number of nitrogens with zero attached hydrogens (tertiary/aromatic N) is 2. The second-order valence-electron chi connectivity index (χ2n) is 4.21. The van der Waals surface area contributed by atoms with E-state index in [1.807, 2.05) is 23.1 Å². The monoisotopic (exact) mass is 230 g/mol. The van der Waals surface area contributed by atoms with Crippen LogP contribution >= 0.6 is 0 Å². The van der Waals surface area contributed by atoms with Gasteiger partial charge < -0.3 is 0 Å². The summed E-state index contributed by atoms with van der Waals surface area (Å²) in [5.41, 5.74) is 2.33. The van der Waals surface area contributed by atoms with Gasteiger partial charge in [-0.05, 0) is 18.4 Å². The summed E-state index contributed by atoms with van der Waals surface area (Å²) in [6, 6.07) is 8.18. The zero-order valence-corrected chi connectivity index (χ0v) is 10.4. The molecule has 1 heterocycles. The van der Waals surface area contributed by atoms with E-state index in [4.69, 9.17) is 0 Å². The number of benzene rings is 1. The predicted molar refractivity (Wildman–Crippen MR) is 69.2 cm³/mol. The maximum atomic E-state index is 11.8. The first kappa shape index (κ1) is 11.8. The molecule has 90 valence electrons. The standard InChI is InChI=1S/C14H18N2O/c1-3-11-7-4-5-8-12(11)14(15-2)16-10-6-9-13(16)17/h4-5,7-8H,3,6,9-10H2,1-2H3. The quantitative estimate of drug-likeness (QED) is 0.566. The van der Waals surface area contributed by atoms with Crippen LogP contribution < -0.4 is 0 Å². The van der Waals surface area contributed by atoms with E-state index in [-0.39, 0.29) is 5.91 Å². The molecule has 0 N–H and O–H groups in total. The zero-order valence-electron chi connectivity index (χ0n) is 10.4. The van der Waals surface area contributed by atoms with E-state index in [0.29, 0.717) is 6.42 Å². The first-order chi connectivity index (χ1) is 8.27. The molecule has 0 aromatic heterocycles. The van der Waals surface area contributed by atoms with E-state index in [1.54, 1.807) is 7.05 Å². The summed E-state index contributed by atoms with van der Waals surface area (Å²) in [7, 11) is 1.76. The summed E-state index contributed by atoms with van der Waals surface area (Å²) in [6.45, 7) is 2.92. The van der Waals surface area contributed by atoms with Gasteiger partial charge >= 0.3 is 0 Å². The van der Waals surface area contributed by atoms with Crippen molar-refractivity contribution in [3.05, 3.63) is 35.4 Å². The lowest BCUT2D eigenvalue weighted by Gasteiger charge is -2.20. The van der Waals surface area contributed by atoms with Crippen LogP contribution in [0.4, 0.5) is 0 Å². The number of aliphatic imine (C=N–C) groups is 1. The zero-order chi connectivity index (χ0) is 12.3. The van der Waals surface area contributed by atoms with Crippen LogP contribution in [-0.2, 0) is 11.2 Å². The molecule has 0 spiro atoms. The SMILES string of the molecule is CCc1ccccc1C(=NC)N1CCCC1=O. The summed E-state index contributed by atoms with van der Waals surface area (Å²) >= 11 is 0. The summed E-state index contributed by atoms with van der Waals surface area (Å²) in [5, 5.41) is 0. The highest BCUT2D eigenvalue weighted by Crippen LogP contribution is 2.18. The second kappa shape index (κ2) is 5.13. The van der Waals surface area contributed by atoms with Crippen molar-refractivity contribution in [2.24, 2.45) is 4.99 Å². The molecule has 0 unspecified atom stereocenters. The van der Waals surface area contributed by atoms with Crippen molar-refractivity contribution < 1.29 is 4.79 Å². The molecule has 0 radical (unpaired) electrons. The van der Waals surface area contributed by atoms with E-state index in [1.165, 1.54) is 5.56 Å². The first-order valence-corrected chi connectivity index (χ1v) is 6.13. The lowest BCUT2D eigenvalue weighted by Crippen LogP contribution is -2.33. The molecular weight excluding hydrogens is 212 g/mol. The molecule has 3 nitrogen and oxygen atoms in total. The number of rotatable bonds is 2. The van der Waals surface area contributed by atoms with Crippen molar-refractivity contribution in [2.45, 2.75) is 26.2 Å². The maximum absolute atomic E-state index is 11.8. The van der Waals surface area contributed by atoms with Crippen LogP contribution in [0.2, 0.25) is 0 Å². The first-order valence-electron chi connectivity index (χ1n) is 6.13. The summed E-state index contributed by atoms with van der Waals surface area (Å²) in [4.78, 5) is 17.9. The second-order valence-corrected chi connectivity index (χ2v) is 4.21. The molecule has 1 amide bonds. The van der Waals surface area contributed by atoms with Gasteiger partial charge in [-0.1, -0.05) is 31.2 Å². The molecule has 17 heavy (non-hydrogen) atoms. The minimum absolute atomic E-state index is 0.191. The maximum Gasteiger partial charge on any atom is 0.228 e. The molecule has 1 aliphatic rings. The number of hydrogen-bond acceptors (Lipinski definition) is 2. The molecule has 0 bridgehead atoms. The van der Waals surface area contributed by atoms with Crippen molar-refractivity contribution in [1.82, 2.24) is 4.90 Å². The Kier molecular flexibility index (Phi) is 3.57. The van der Waals surface area contributed by atoms with E-state index in [9.17, 15) is 4.79 Å². The van der Waals surface area contributed by atoms with Gasteiger partial charge in [0.15, 0.2) is 0 Å². The van der Waals surface area contributed by atoms with Gasteiger partial charge in [0.05, 0.1) is 0 Å². The Labute approximate surface area is 102 Å². The number of carbonyl (C=O) groups is 1. The van der Waals surface area contributed by atoms with Crippen LogP contribution in [-0.4, -0.2) is 30.2 Å². The third-order valence-corrected chi connectivity index (χ3v) is 3.18. The number of amidine groups is 1. The smallest absolute Gasteiger partial charge is 0.228 e. The Bertz CT molecular complexity index is 451. The molecule has 0 aliphatic carbocycles. The molecular formula is C14H18N2O. The highest BCUT2D eigenvalue weighted by atomic mass is 16.2. The lowest BCUT2D eigenvalue weighted by molar-refractivity contribution is -0.124. The third kappa shape index (κ3) is 2.23. The van der Waals surface area contributed by atoms with E-state index < -0.39 is 0 Å². The average molecular weight is 230 g/mol. The molecule has 1 aromatic rings. The largest absolute Gasteiger partial charge is 0.297 e. The van der Waals surface area contributed by atoms with E-state index >= 15 is 0 Å². The number of likely N-dealkylation sites (tertiary alicyclic amines) is 1. The third-order valence-electron chi connectivity index (χ3n) is 3.18. The average Bonchev–Trinajstić information content (AvgIpc) is 2.78. The van der Waals surface area contributed by atoms with Gasteiger partial charge in [-0.3, -0.25) is 14.7 Å². The Hall–Kier alpha value is -1.64. The van der Waals surface area contributed by atoms with Gasteiger partial charge in [-0.25, -0.2) is 0 Å². The number of carbonyl (C=O) groups excluding carboxylic acids is 1. The van der Waals surface area contributed by atoms with Crippen molar-refractivity contribution in [3.8, 4) is 0 Å². The Morgan fingerprint density at radius 3 is 2.76 bits per heavy atom. The van der Waals surface area contributed by atoms with Crippen molar-refractivity contribution in [3.63, 3.8) is 0 Å². The van der Waals surface area contributed by atoms with Crippen molar-refractivity contribution in [1.29, 1.82) is 0 Å². The Morgan fingerprint density at radius 1 is 1.41 bits per heavy atom. The summed E-state index contributed by atoms with van der Waals surface area (Å²) < 4.78 is 0. The molecule has 1 saturated heterocycles. The van der Waals surface area contributed by atoms with Crippen LogP contribution in [0.15, 0.2) is 29.3 Å². The number of aryl methyl sites for hydroxylation is 1. The molecule has 1 aromatic carbocycles. The lowest BCUT2D eigenvalue weighted by atomic mass is 10.0. The topological polar surface area (TPSA) is 32.7 Å². The van der Waals surface area contributed by atoms with Crippen molar-refractivity contribution in [2.75, 3.05) is 13.6 Å². The molecule has 0 atom stereocenters. The highest BCUT2D eigenvalue weighted by Gasteiger charge is 2.26. The van der Waals surface area contributed by atoms with E-state index in [0.717, 1.165) is 30.8 Å². The van der Waals surface area contributed by atoms with Gasteiger partial charge in [0.25, 0.3) is 0 Å². The molecule has 2 rings (SSSR count). The van der Waals surface area contributed by atoms with Gasteiger partial charge in [0.1, 0.15) is 5.84 Å². The van der Waals surface area contributed by atoms with Crippen LogP contribution in [0.1, 0.15) is 30.9 Å². The molecule has 1 aliphatic heterocycles. The summed E-state index contributed by atoms with van der Waals surface area (Å²) in [5.74, 6) is 1.02. The van der Waals surface area contributed by atoms with E-state index in [2.05, 4.69) is 18.0 Å². The normalized spacial score (nSPS) is 16.7. The van der Waals surface area contributed by atoms with Crippen LogP contribution in [0.5, 0.6) is 0 Å².